The van der Waals surface area contributed by atoms with Crippen molar-refractivity contribution in [1.29, 1.82) is 0 Å². The molecule has 0 aliphatic heterocycles. The summed E-state index contributed by atoms with van der Waals surface area (Å²) in [5, 5.41) is 9.29. The third kappa shape index (κ3) is 11.8. The molecule has 0 aromatic carbocycles. The van der Waals surface area contributed by atoms with Crippen LogP contribution in [-0.4, -0.2) is 80.6 Å². The van der Waals surface area contributed by atoms with Crippen molar-refractivity contribution in [3.05, 3.63) is 0 Å². The van der Waals surface area contributed by atoms with Gasteiger partial charge in [0, 0.05) is 19.8 Å². The van der Waals surface area contributed by atoms with Crippen molar-refractivity contribution < 1.29 is 38.2 Å². The van der Waals surface area contributed by atoms with Gasteiger partial charge in [-0.15, -0.1) is 0 Å². The van der Waals surface area contributed by atoms with Crippen LogP contribution in [0.4, 0.5) is 0 Å². The minimum Gasteiger partial charge on any atom is -0.477 e. The third-order valence-electron chi connectivity index (χ3n) is 3.81. The number of rotatable bonds is 14. The van der Waals surface area contributed by atoms with E-state index in [1.807, 2.05) is 6.92 Å². The molecule has 0 saturated carbocycles. The van der Waals surface area contributed by atoms with E-state index in [9.17, 15) is 19.5 Å². The molecule has 0 rings (SSSR count). The predicted molar refractivity (Wildman–Crippen MR) is 95.5 cm³/mol. The van der Waals surface area contributed by atoms with Gasteiger partial charge in [0.05, 0.1) is 34.4 Å². The van der Waals surface area contributed by atoms with E-state index < -0.39 is 24.1 Å². The highest BCUT2D eigenvalue weighted by Crippen LogP contribution is 2.09. The van der Waals surface area contributed by atoms with Gasteiger partial charge in [0.25, 0.3) is 0 Å². The Morgan fingerprint density at radius 1 is 1.08 bits per heavy atom. The van der Waals surface area contributed by atoms with Crippen molar-refractivity contribution in [2.45, 2.75) is 58.1 Å². The Hall–Kier alpha value is -1.67. The molecule has 0 spiro atoms. The van der Waals surface area contributed by atoms with E-state index in [0.717, 1.165) is 19.3 Å². The molecular weight excluding hydrogens is 342 g/mol. The minimum atomic E-state index is -0.889. The van der Waals surface area contributed by atoms with E-state index in [1.165, 1.54) is 6.92 Å². The van der Waals surface area contributed by atoms with Gasteiger partial charge in [-0.05, 0) is 6.42 Å². The van der Waals surface area contributed by atoms with Crippen LogP contribution in [0, 0.1) is 0 Å². The van der Waals surface area contributed by atoms with Crippen LogP contribution in [0.3, 0.4) is 0 Å². The van der Waals surface area contributed by atoms with Crippen LogP contribution in [0.15, 0.2) is 0 Å². The fourth-order valence-electron chi connectivity index (χ4n) is 2.34. The normalized spacial score (nSPS) is 13.7. The number of unbranched alkanes of at least 4 members (excludes halogenated alkanes) is 2. The zero-order valence-electron chi connectivity index (χ0n) is 16.7. The number of carbonyl (C=O) groups is 3. The van der Waals surface area contributed by atoms with E-state index in [1.54, 1.807) is 21.1 Å². The molecule has 0 aromatic rings. The Balaban J connectivity index is 4.42. The van der Waals surface area contributed by atoms with E-state index in [-0.39, 0.29) is 30.3 Å². The topological polar surface area (TPSA) is 99.1 Å². The smallest absolute Gasteiger partial charge is 0.362 e. The summed E-state index contributed by atoms with van der Waals surface area (Å²) in [6.45, 7) is 3.50. The molecule has 1 N–H and O–H groups in total. The molecule has 0 aliphatic carbocycles. The second-order valence-corrected chi connectivity index (χ2v) is 7.21. The lowest BCUT2D eigenvalue weighted by molar-refractivity contribution is -0.887. The molecule has 0 aromatic heterocycles. The molecule has 0 radical (unpaired) electrons. The van der Waals surface area contributed by atoms with Crippen molar-refractivity contribution in [2.24, 2.45) is 0 Å². The lowest BCUT2D eigenvalue weighted by atomic mass is 10.1. The van der Waals surface area contributed by atoms with E-state index in [4.69, 9.17) is 14.2 Å². The fraction of sp³-hybridized carbons (Fsp3) is 0.833. The van der Waals surface area contributed by atoms with Gasteiger partial charge in [0.2, 0.25) is 0 Å². The molecule has 0 heterocycles. The Bertz CT molecular complexity index is 445. The van der Waals surface area contributed by atoms with Crippen molar-refractivity contribution in [3.8, 4) is 0 Å². The highest BCUT2D eigenvalue weighted by Gasteiger charge is 2.31. The lowest BCUT2D eigenvalue weighted by Crippen LogP contribution is -2.50. The first-order valence-corrected chi connectivity index (χ1v) is 9.02. The van der Waals surface area contributed by atoms with E-state index in [0.29, 0.717) is 12.8 Å². The first-order chi connectivity index (χ1) is 12.1. The van der Waals surface area contributed by atoms with Gasteiger partial charge in [-0.3, -0.25) is 9.59 Å². The maximum atomic E-state index is 11.8. The zero-order valence-corrected chi connectivity index (χ0v) is 16.7. The molecular formula is C18H34NO7+. The van der Waals surface area contributed by atoms with Crippen molar-refractivity contribution in [1.82, 2.24) is 0 Å². The quantitative estimate of drug-likeness (QED) is 0.279. The summed E-state index contributed by atoms with van der Waals surface area (Å²) in [4.78, 5) is 34.1. The standard InChI is InChI=1S/C18H33NO7/c1-6-7-8-9-17(21)26-15(13-25-14(2)20)12-24-11-10-16(18(22)23)19(3,4)5/h15-16H,6-13H2,1-5H3/p+1. The number of quaternary nitrogens is 1. The summed E-state index contributed by atoms with van der Waals surface area (Å²) in [7, 11) is 5.42. The zero-order chi connectivity index (χ0) is 20.2. The molecule has 8 heteroatoms. The van der Waals surface area contributed by atoms with Crippen LogP contribution in [-0.2, 0) is 28.6 Å². The SMILES string of the molecule is CCCCCC(=O)OC(COCCC(C(=O)O)[N+](C)(C)C)COC(C)=O. The van der Waals surface area contributed by atoms with Gasteiger partial charge in [-0.25, -0.2) is 4.79 Å². The van der Waals surface area contributed by atoms with Crippen LogP contribution >= 0.6 is 0 Å². The molecule has 0 fully saturated rings. The summed E-state index contributed by atoms with van der Waals surface area (Å²) < 4.78 is 16.0. The first-order valence-electron chi connectivity index (χ1n) is 9.02. The number of nitrogens with zero attached hydrogens (tertiary/aromatic N) is 1. The number of aliphatic carboxylic acids is 1. The summed E-state index contributed by atoms with van der Waals surface area (Å²) in [6.07, 6.45) is 2.64. The highest BCUT2D eigenvalue weighted by atomic mass is 16.6. The molecule has 2 unspecified atom stereocenters. The van der Waals surface area contributed by atoms with Gasteiger partial charge in [-0.1, -0.05) is 19.8 Å². The molecule has 8 nitrogen and oxygen atoms in total. The largest absolute Gasteiger partial charge is 0.477 e. The molecule has 0 bridgehead atoms. The molecule has 152 valence electrons. The van der Waals surface area contributed by atoms with Gasteiger partial charge in [0.1, 0.15) is 6.61 Å². The van der Waals surface area contributed by atoms with Crippen LogP contribution in [0.25, 0.3) is 0 Å². The van der Waals surface area contributed by atoms with Crippen LogP contribution < -0.4 is 0 Å². The Morgan fingerprint density at radius 2 is 1.73 bits per heavy atom. The molecule has 26 heavy (non-hydrogen) atoms. The van der Waals surface area contributed by atoms with Gasteiger partial charge < -0.3 is 23.8 Å². The highest BCUT2D eigenvalue weighted by molar-refractivity contribution is 5.72. The number of carbonyl (C=O) groups excluding carboxylic acids is 2. The third-order valence-corrected chi connectivity index (χ3v) is 3.81. The van der Waals surface area contributed by atoms with Crippen LogP contribution in [0.2, 0.25) is 0 Å². The number of carboxylic acid groups (broad SMARTS) is 1. The monoisotopic (exact) mass is 376 g/mol. The number of ether oxygens (including phenoxy) is 3. The fourth-order valence-corrected chi connectivity index (χ4v) is 2.34. The molecule has 0 aliphatic rings. The van der Waals surface area contributed by atoms with Crippen LogP contribution in [0.5, 0.6) is 0 Å². The van der Waals surface area contributed by atoms with Gasteiger partial charge in [0.15, 0.2) is 12.1 Å². The Labute approximate surface area is 156 Å². The maximum Gasteiger partial charge on any atom is 0.362 e. The van der Waals surface area contributed by atoms with Crippen molar-refractivity contribution >= 4 is 17.9 Å². The number of hydrogen-bond donors (Lipinski definition) is 1. The van der Waals surface area contributed by atoms with Gasteiger partial charge in [-0.2, -0.15) is 0 Å². The average Bonchev–Trinajstić information content (AvgIpc) is 2.50. The second kappa shape index (κ2) is 12.6. The molecule has 0 amide bonds. The predicted octanol–water partition coefficient (Wildman–Crippen LogP) is 1.61. The summed E-state index contributed by atoms with van der Waals surface area (Å²) in [5.74, 6) is -1.71. The van der Waals surface area contributed by atoms with Gasteiger partial charge >= 0.3 is 17.9 Å². The average molecular weight is 376 g/mol. The van der Waals surface area contributed by atoms with E-state index >= 15 is 0 Å². The van der Waals surface area contributed by atoms with Crippen molar-refractivity contribution in [2.75, 3.05) is 41.0 Å². The first kappa shape index (κ1) is 24.3. The lowest BCUT2D eigenvalue weighted by Gasteiger charge is -2.31. The summed E-state index contributed by atoms with van der Waals surface area (Å²) in [6, 6.07) is -0.599. The second-order valence-electron chi connectivity index (χ2n) is 7.21. The molecule has 2 atom stereocenters. The number of carboxylic acids is 1. The molecule has 0 saturated heterocycles. The number of esters is 2. The minimum absolute atomic E-state index is 0.0519. The Kier molecular flexibility index (Phi) is 11.8. The number of hydrogen-bond acceptors (Lipinski definition) is 6. The van der Waals surface area contributed by atoms with Crippen molar-refractivity contribution in [3.63, 3.8) is 0 Å². The summed E-state index contributed by atoms with van der Waals surface area (Å²) >= 11 is 0. The number of likely N-dealkylation sites (N-methyl/N-ethyl adjacent to an activating group) is 1. The summed E-state index contributed by atoms with van der Waals surface area (Å²) in [5.41, 5.74) is 0. The van der Waals surface area contributed by atoms with Crippen LogP contribution in [0.1, 0.15) is 46.0 Å². The van der Waals surface area contributed by atoms with E-state index in [2.05, 4.69) is 0 Å². The maximum absolute atomic E-state index is 11.8. The Morgan fingerprint density at radius 3 is 2.23 bits per heavy atom.